The molecule has 1 aliphatic heterocycles. The summed E-state index contributed by atoms with van der Waals surface area (Å²) in [5.41, 5.74) is 2.67. The minimum atomic E-state index is -0.748. The SMILES string of the molecule is CCCC(=O)N1c2cc(Cl)ccc2C(c2ccccc2)=NCC1C(=O)NC(C)(C)C. The molecule has 0 saturated heterocycles. The van der Waals surface area contributed by atoms with Crippen molar-refractivity contribution >= 4 is 34.8 Å². The van der Waals surface area contributed by atoms with Crippen molar-refractivity contribution in [3.05, 3.63) is 64.7 Å². The summed E-state index contributed by atoms with van der Waals surface area (Å²) in [6, 6.07) is 14.5. The van der Waals surface area contributed by atoms with Crippen LogP contribution in [0.2, 0.25) is 5.02 Å². The predicted molar refractivity (Wildman–Crippen MR) is 122 cm³/mol. The topological polar surface area (TPSA) is 61.8 Å². The Kier molecular flexibility index (Phi) is 6.61. The van der Waals surface area contributed by atoms with Crippen molar-refractivity contribution in [1.82, 2.24) is 5.32 Å². The molecule has 30 heavy (non-hydrogen) atoms. The van der Waals surface area contributed by atoms with Crippen molar-refractivity contribution in [3.8, 4) is 0 Å². The highest BCUT2D eigenvalue weighted by molar-refractivity contribution is 6.31. The molecular formula is C24H28ClN3O2. The summed E-state index contributed by atoms with van der Waals surface area (Å²) in [6.45, 7) is 7.88. The number of anilines is 1. The van der Waals surface area contributed by atoms with Gasteiger partial charge >= 0.3 is 0 Å². The van der Waals surface area contributed by atoms with Gasteiger partial charge in [-0.05, 0) is 45.4 Å². The fourth-order valence-electron chi connectivity index (χ4n) is 3.56. The third kappa shape index (κ3) is 4.90. The molecule has 6 heteroatoms. The second-order valence-corrected chi connectivity index (χ2v) is 8.92. The Morgan fingerprint density at radius 2 is 1.87 bits per heavy atom. The van der Waals surface area contributed by atoms with E-state index in [0.717, 1.165) is 16.8 Å². The van der Waals surface area contributed by atoms with Gasteiger partial charge in [0.15, 0.2) is 0 Å². The minimum Gasteiger partial charge on any atom is -0.350 e. The van der Waals surface area contributed by atoms with Crippen LogP contribution in [0.4, 0.5) is 5.69 Å². The van der Waals surface area contributed by atoms with Gasteiger partial charge in [0.1, 0.15) is 6.04 Å². The summed E-state index contributed by atoms with van der Waals surface area (Å²) in [4.78, 5) is 32.8. The Morgan fingerprint density at radius 1 is 1.17 bits per heavy atom. The van der Waals surface area contributed by atoms with Gasteiger partial charge in [0.25, 0.3) is 0 Å². The average molecular weight is 426 g/mol. The quantitative estimate of drug-likeness (QED) is 0.777. The molecule has 0 aromatic heterocycles. The van der Waals surface area contributed by atoms with Crippen LogP contribution in [0.5, 0.6) is 0 Å². The number of carbonyl (C=O) groups is 2. The molecular weight excluding hydrogens is 398 g/mol. The summed E-state index contributed by atoms with van der Waals surface area (Å²) in [6.07, 6.45) is 1.02. The third-order valence-corrected chi connectivity index (χ3v) is 5.02. The molecule has 0 aliphatic carbocycles. The predicted octanol–water partition coefficient (Wildman–Crippen LogP) is 4.61. The normalized spacial score (nSPS) is 16.4. The zero-order chi connectivity index (χ0) is 21.9. The fourth-order valence-corrected chi connectivity index (χ4v) is 3.72. The maximum atomic E-state index is 13.2. The standard InChI is InChI=1S/C24H28ClN3O2/c1-5-9-21(29)28-19-14-17(25)12-13-18(19)22(16-10-7-6-8-11-16)26-15-20(28)23(30)27-24(2,3)4/h6-8,10-14,20H,5,9,15H2,1-4H3,(H,27,30). The van der Waals surface area contributed by atoms with Gasteiger partial charge in [-0.2, -0.15) is 0 Å². The van der Waals surface area contributed by atoms with E-state index in [1.165, 1.54) is 0 Å². The smallest absolute Gasteiger partial charge is 0.245 e. The lowest BCUT2D eigenvalue weighted by molar-refractivity contribution is -0.127. The summed E-state index contributed by atoms with van der Waals surface area (Å²) >= 11 is 6.33. The number of aliphatic imine (C=N–C) groups is 1. The number of nitrogens with zero attached hydrogens (tertiary/aromatic N) is 2. The third-order valence-electron chi connectivity index (χ3n) is 4.79. The highest BCUT2D eigenvalue weighted by Gasteiger charge is 2.36. The number of hydrogen-bond donors (Lipinski definition) is 1. The molecule has 1 atom stereocenters. The van der Waals surface area contributed by atoms with Crippen LogP contribution in [-0.2, 0) is 9.59 Å². The van der Waals surface area contributed by atoms with Crippen LogP contribution >= 0.6 is 11.6 Å². The van der Waals surface area contributed by atoms with Crippen molar-refractivity contribution in [2.45, 2.75) is 52.1 Å². The lowest BCUT2D eigenvalue weighted by Crippen LogP contribution is -2.55. The minimum absolute atomic E-state index is 0.111. The number of hydrogen-bond acceptors (Lipinski definition) is 3. The van der Waals surface area contributed by atoms with Gasteiger partial charge in [0, 0.05) is 28.1 Å². The average Bonchev–Trinajstić information content (AvgIpc) is 2.84. The molecule has 1 aliphatic rings. The second kappa shape index (κ2) is 9.00. The maximum Gasteiger partial charge on any atom is 0.245 e. The second-order valence-electron chi connectivity index (χ2n) is 8.49. The lowest BCUT2D eigenvalue weighted by atomic mass is 9.99. The molecule has 1 N–H and O–H groups in total. The number of benzodiazepines with no additional fused rings is 1. The van der Waals surface area contributed by atoms with Gasteiger partial charge in [0.05, 0.1) is 17.9 Å². The van der Waals surface area contributed by atoms with Gasteiger partial charge in [-0.25, -0.2) is 0 Å². The lowest BCUT2D eigenvalue weighted by Gasteiger charge is -2.32. The van der Waals surface area contributed by atoms with E-state index in [-0.39, 0.29) is 18.4 Å². The van der Waals surface area contributed by atoms with E-state index in [0.29, 0.717) is 23.6 Å². The van der Waals surface area contributed by atoms with Crippen LogP contribution < -0.4 is 10.2 Å². The number of rotatable bonds is 4. The van der Waals surface area contributed by atoms with Crippen molar-refractivity contribution < 1.29 is 9.59 Å². The number of amides is 2. The first-order chi connectivity index (χ1) is 14.2. The highest BCUT2D eigenvalue weighted by Crippen LogP contribution is 2.32. The molecule has 2 aromatic carbocycles. The largest absolute Gasteiger partial charge is 0.350 e. The number of halogens is 1. The molecule has 0 radical (unpaired) electrons. The molecule has 5 nitrogen and oxygen atoms in total. The van der Waals surface area contributed by atoms with E-state index in [1.807, 2.05) is 64.1 Å². The Hall–Kier alpha value is -2.66. The molecule has 0 fully saturated rings. The molecule has 3 rings (SSSR count). The highest BCUT2D eigenvalue weighted by atomic mass is 35.5. The summed E-state index contributed by atoms with van der Waals surface area (Å²) < 4.78 is 0. The monoisotopic (exact) mass is 425 g/mol. The van der Waals surface area contributed by atoms with Crippen molar-refractivity contribution in [2.75, 3.05) is 11.4 Å². The van der Waals surface area contributed by atoms with E-state index < -0.39 is 11.6 Å². The molecule has 2 amide bonds. The molecule has 2 aromatic rings. The van der Waals surface area contributed by atoms with Gasteiger partial charge in [-0.1, -0.05) is 48.9 Å². The summed E-state index contributed by atoms with van der Waals surface area (Å²) in [7, 11) is 0. The van der Waals surface area contributed by atoms with E-state index in [9.17, 15) is 9.59 Å². The first-order valence-electron chi connectivity index (χ1n) is 10.2. The Bertz CT molecular complexity index is 964. The van der Waals surface area contributed by atoms with Crippen LogP contribution in [0.15, 0.2) is 53.5 Å². The molecule has 0 bridgehead atoms. The zero-order valence-electron chi connectivity index (χ0n) is 17.9. The van der Waals surface area contributed by atoms with E-state index in [2.05, 4.69) is 5.32 Å². The molecule has 1 heterocycles. The Morgan fingerprint density at radius 3 is 2.50 bits per heavy atom. The number of nitrogens with one attached hydrogen (secondary N) is 1. The number of fused-ring (bicyclic) bond motifs is 1. The van der Waals surface area contributed by atoms with Gasteiger partial charge < -0.3 is 5.32 Å². The van der Waals surface area contributed by atoms with Crippen LogP contribution in [0.25, 0.3) is 0 Å². The number of carbonyl (C=O) groups excluding carboxylic acids is 2. The van der Waals surface area contributed by atoms with Crippen LogP contribution in [0.1, 0.15) is 51.7 Å². The van der Waals surface area contributed by atoms with Crippen molar-refractivity contribution in [2.24, 2.45) is 4.99 Å². The first-order valence-corrected chi connectivity index (χ1v) is 10.6. The maximum absolute atomic E-state index is 13.2. The van der Waals surface area contributed by atoms with E-state index >= 15 is 0 Å². The molecule has 1 unspecified atom stereocenters. The van der Waals surface area contributed by atoms with Crippen molar-refractivity contribution in [1.29, 1.82) is 0 Å². The molecule has 158 valence electrons. The van der Waals surface area contributed by atoms with Crippen LogP contribution in [-0.4, -0.2) is 35.7 Å². The van der Waals surface area contributed by atoms with Gasteiger partial charge in [-0.3, -0.25) is 19.5 Å². The van der Waals surface area contributed by atoms with Crippen LogP contribution in [0.3, 0.4) is 0 Å². The zero-order valence-corrected chi connectivity index (χ0v) is 18.7. The molecule has 0 spiro atoms. The van der Waals surface area contributed by atoms with E-state index in [1.54, 1.807) is 17.0 Å². The van der Waals surface area contributed by atoms with Gasteiger partial charge in [0.2, 0.25) is 11.8 Å². The Labute approximate surface area is 183 Å². The fraction of sp³-hybridized carbons (Fsp3) is 0.375. The molecule has 0 saturated carbocycles. The summed E-state index contributed by atoms with van der Waals surface area (Å²) in [5.74, 6) is -0.337. The first kappa shape index (κ1) is 22.0. The van der Waals surface area contributed by atoms with Crippen molar-refractivity contribution in [3.63, 3.8) is 0 Å². The van der Waals surface area contributed by atoms with E-state index in [4.69, 9.17) is 16.6 Å². The van der Waals surface area contributed by atoms with Gasteiger partial charge in [-0.15, -0.1) is 0 Å². The summed E-state index contributed by atoms with van der Waals surface area (Å²) in [5, 5.41) is 3.52. The Balaban J connectivity index is 2.18. The number of benzene rings is 2. The van der Waals surface area contributed by atoms with Crippen LogP contribution in [0, 0.1) is 0 Å².